The molecule has 0 saturated heterocycles. The number of nitro benzene ring substituents is 1. The van der Waals surface area contributed by atoms with Crippen LogP contribution in [0.15, 0.2) is 29.4 Å². The minimum Gasteiger partial charge on any atom is -0.491 e. The van der Waals surface area contributed by atoms with Crippen molar-refractivity contribution < 1.29 is 9.66 Å². The lowest BCUT2D eigenvalue weighted by atomic mass is 10.2. The molecule has 1 aromatic heterocycles. The van der Waals surface area contributed by atoms with Crippen molar-refractivity contribution in [2.45, 2.75) is 30.9 Å². The molecule has 0 bridgehead atoms. The third-order valence-electron chi connectivity index (χ3n) is 2.72. The smallest absolute Gasteiger partial charge is 0.270 e. The summed E-state index contributed by atoms with van der Waals surface area (Å²) < 4.78 is 5.69. The Kier molecular flexibility index (Phi) is 5.22. The van der Waals surface area contributed by atoms with E-state index in [9.17, 15) is 10.1 Å². The van der Waals surface area contributed by atoms with Crippen molar-refractivity contribution in [2.24, 2.45) is 0 Å². The first kappa shape index (κ1) is 16.8. The summed E-state index contributed by atoms with van der Waals surface area (Å²) in [6.07, 6.45) is -0.0422. The zero-order chi connectivity index (χ0) is 17.0. The third kappa shape index (κ3) is 4.71. The van der Waals surface area contributed by atoms with E-state index < -0.39 is 4.92 Å². The van der Waals surface area contributed by atoms with E-state index in [0.29, 0.717) is 22.2 Å². The number of nitro groups is 1. The van der Waals surface area contributed by atoms with E-state index in [1.807, 2.05) is 13.8 Å². The zero-order valence-corrected chi connectivity index (χ0v) is 13.5. The van der Waals surface area contributed by atoms with Crippen LogP contribution in [-0.4, -0.2) is 21.0 Å². The van der Waals surface area contributed by atoms with Crippen molar-refractivity contribution in [3.8, 4) is 5.75 Å². The highest BCUT2D eigenvalue weighted by Gasteiger charge is 2.14. The molecule has 9 heteroatoms. The van der Waals surface area contributed by atoms with Gasteiger partial charge in [0.15, 0.2) is 5.16 Å². The fraction of sp³-hybridized carbons (Fsp3) is 0.286. The van der Waals surface area contributed by atoms with E-state index in [1.54, 1.807) is 6.07 Å². The van der Waals surface area contributed by atoms with Crippen molar-refractivity contribution in [2.75, 3.05) is 11.5 Å². The number of anilines is 2. The summed E-state index contributed by atoms with van der Waals surface area (Å²) in [6.45, 7) is 3.78. The van der Waals surface area contributed by atoms with Gasteiger partial charge in [0.1, 0.15) is 17.4 Å². The number of benzene rings is 1. The van der Waals surface area contributed by atoms with Gasteiger partial charge >= 0.3 is 0 Å². The van der Waals surface area contributed by atoms with Crippen LogP contribution < -0.4 is 16.2 Å². The van der Waals surface area contributed by atoms with Crippen molar-refractivity contribution in [3.63, 3.8) is 0 Å². The minimum atomic E-state index is -0.442. The molecule has 23 heavy (non-hydrogen) atoms. The Bertz CT molecular complexity index is 703. The quantitative estimate of drug-likeness (QED) is 0.356. The first-order valence-corrected chi connectivity index (χ1v) is 7.80. The number of thioether (sulfide) groups is 1. The van der Waals surface area contributed by atoms with Gasteiger partial charge in [-0.2, -0.15) is 0 Å². The lowest BCUT2D eigenvalue weighted by Crippen LogP contribution is -2.07. The number of nitrogen functional groups attached to an aromatic ring is 2. The van der Waals surface area contributed by atoms with E-state index in [2.05, 4.69) is 9.97 Å². The number of hydrogen-bond donors (Lipinski definition) is 2. The molecule has 0 saturated carbocycles. The van der Waals surface area contributed by atoms with Gasteiger partial charge in [0.05, 0.1) is 11.0 Å². The van der Waals surface area contributed by atoms with Gasteiger partial charge < -0.3 is 16.2 Å². The summed E-state index contributed by atoms with van der Waals surface area (Å²) in [6, 6.07) is 5.97. The van der Waals surface area contributed by atoms with Crippen LogP contribution in [0.1, 0.15) is 19.4 Å². The summed E-state index contributed by atoms with van der Waals surface area (Å²) in [5.74, 6) is 1.54. The molecular formula is C14H17N5O3S. The number of rotatable bonds is 6. The van der Waals surface area contributed by atoms with E-state index in [4.69, 9.17) is 16.2 Å². The Labute approximate surface area is 137 Å². The van der Waals surface area contributed by atoms with Crippen LogP contribution in [0.4, 0.5) is 17.3 Å². The lowest BCUT2D eigenvalue weighted by molar-refractivity contribution is -0.384. The number of non-ortho nitro benzene ring substituents is 1. The number of ether oxygens (including phenoxy) is 1. The molecule has 0 spiro atoms. The summed E-state index contributed by atoms with van der Waals surface area (Å²) in [5.41, 5.74) is 11.9. The molecule has 2 rings (SSSR count). The van der Waals surface area contributed by atoms with E-state index in [-0.39, 0.29) is 23.4 Å². The molecule has 0 radical (unpaired) electrons. The molecular weight excluding hydrogens is 318 g/mol. The molecule has 0 unspecified atom stereocenters. The van der Waals surface area contributed by atoms with Gasteiger partial charge in [-0.05, 0) is 19.9 Å². The first-order chi connectivity index (χ1) is 10.8. The Hall–Kier alpha value is -2.55. The molecule has 8 nitrogen and oxygen atoms in total. The molecule has 4 N–H and O–H groups in total. The van der Waals surface area contributed by atoms with Crippen LogP contribution in [0.5, 0.6) is 5.75 Å². The maximum Gasteiger partial charge on any atom is 0.270 e. The molecule has 0 aliphatic heterocycles. The van der Waals surface area contributed by atoms with Gasteiger partial charge in [0.25, 0.3) is 5.69 Å². The van der Waals surface area contributed by atoms with Gasteiger partial charge in [-0.15, -0.1) is 0 Å². The first-order valence-electron chi connectivity index (χ1n) is 6.82. The van der Waals surface area contributed by atoms with Crippen LogP contribution in [-0.2, 0) is 5.75 Å². The van der Waals surface area contributed by atoms with Crippen molar-refractivity contribution >= 4 is 29.1 Å². The Morgan fingerprint density at radius 2 is 1.91 bits per heavy atom. The van der Waals surface area contributed by atoms with Crippen molar-refractivity contribution in [1.82, 2.24) is 9.97 Å². The second-order valence-electron chi connectivity index (χ2n) is 5.00. The largest absolute Gasteiger partial charge is 0.491 e. The fourth-order valence-corrected chi connectivity index (χ4v) is 2.68. The maximum atomic E-state index is 11.0. The maximum absolute atomic E-state index is 11.0. The molecule has 122 valence electrons. The molecule has 0 atom stereocenters. The van der Waals surface area contributed by atoms with Crippen molar-refractivity contribution in [3.05, 3.63) is 39.9 Å². The standard InChI is InChI=1S/C14H17N5O3S/c1-8(2)22-11-4-3-10(19(20)21)5-9(11)7-23-14-17-12(15)6-13(16)18-14/h3-6,8H,7H2,1-2H3,(H4,15,16,17,18). The summed E-state index contributed by atoms with van der Waals surface area (Å²) >= 11 is 1.28. The van der Waals surface area contributed by atoms with Crippen LogP contribution in [0.3, 0.4) is 0 Å². The van der Waals surface area contributed by atoms with Gasteiger partial charge in [0, 0.05) is 29.5 Å². The monoisotopic (exact) mass is 335 g/mol. The SMILES string of the molecule is CC(C)Oc1ccc([N+](=O)[O-])cc1CSc1nc(N)cc(N)n1. The van der Waals surface area contributed by atoms with E-state index in [1.165, 1.54) is 30.0 Å². The molecule has 0 aliphatic rings. The van der Waals surface area contributed by atoms with Crippen LogP contribution in [0, 0.1) is 10.1 Å². The lowest BCUT2D eigenvalue weighted by Gasteiger charge is -2.13. The van der Waals surface area contributed by atoms with Gasteiger partial charge in [-0.25, -0.2) is 9.97 Å². The molecule has 0 amide bonds. The normalized spacial score (nSPS) is 10.7. The Morgan fingerprint density at radius 1 is 1.26 bits per heavy atom. The van der Waals surface area contributed by atoms with Crippen molar-refractivity contribution in [1.29, 1.82) is 0 Å². The molecule has 1 heterocycles. The fourth-order valence-electron chi connectivity index (χ4n) is 1.83. The van der Waals surface area contributed by atoms with Gasteiger partial charge in [0.2, 0.25) is 0 Å². The highest BCUT2D eigenvalue weighted by atomic mass is 32.2. The average Bonchev–Trinajstić information content (AvgIpc) is 2.44. The van der Waals surface area contributed by atoms with Crippen LogP contribution in [0.2, 0.25) is 0 Å². The molecule has 0 aliphatic carbocycles. The molecule has 0 fully saturated rings. The second-order valence-corrected chi connectivity index (χ2v) is 5.95. The Balaban J connectivity index is 2.25. The van der Waals surface area contributed by atoms with Gasteiger partial charge in [-0.3, -0.25) is 10.1 Å². The van der Waals surface area contributed by atoms with E-state index >= 15 is 0 Å². The molecule has 1 aromatic carbocycles. The van der Waals surface area contributed by atoms with Crippen LogP contribution in [0.25, 0.3) is 0 Å². The third-order valence-corrected chi connectivity index (χ3v) is 3.62. The summed E-state index contributed by atoms with van der Waals surface area (Å²) in [7, 11) is 0. The van der Waals surface area contributed by atoms with Crippen LogP contribution >= 0.6 is 11.8 Å². The topological polar surface area (TPSA) is 130 Å². The molecule has 2 aromatic rings. The highest BCUT2D eigenvalue weighted by Crippen LogP contribution is 2.30. The number of aromatic nitrogens is 2. The number of nitrogens with zero attached hydrogens (tertiary/aromatic N) is 3. The minimum absolute atomic E-state index is 0.00436. The number of nitrogens with two attached hydrogens (primary N) is 2. The van der Waals surface area contributed by atoms with Gasteiger partial charge in [-0.1, -0.05) is 11.8 Å². The summed E-state index contributed by atoms with van der Waals surface area (Å²) in [5, 5.41) is 11.4. The highest BCUT2D eigenvalue weighted by molar-refractivity contribution is 7.98. The van der Waals surface area contributed by atoms with E-state index in [0.717, 1.165) is 0 Å². The predicted molar refractivity (Wildman–Crippen MR) is 89.3 cm³/mol. The number of hydrogen-bond acceptors (Lipinski definition) is 8. The predicted octanol–water partition coefficient (Wildman–Crippen LogP) is 2.63. The summed E-state index contributed by atoms with van der Waals surface area (Å²) in [4.78, 5) is 18.7. The Morgan fingerprint density at radius 3 is 2.48 bits per heavy atom. The zero-order valence-electron chi connectivity index (χ0n) is 12.7. The second kappa shape index (κ2) is 7.14. The average molecular weight is 335 g/mol.